The number of benzene rings is 1. The van der Waals surface area contributed by atoms with Crippen molar-refractivity contribution in [2.75, 3.05) is 19.8 Å². The predicted molar refractivity (Wildman–Crippen MR) is 179 cm³/mol. The van der Waals surface area contributed by atoms with Crippen molar-refractivity contribution in [3.05, 3.63) is 35.9 Å². The van der Waals surface area contributed by atoms with Gasteiger partial charge in [-0.2, -0.15) is 0 Å². The fourth-order valence-electron chi connectivity index (χ4n) is 4.45. The number of esters is 2. The summed E-state index contributed by atoms with van der Waals surface area (Å²) in [6.07, 6.45) is 0.725. The number of nitrogens with zero attached hydrogens (tertiary/aromatic N) is 1. The summed E-state index contributed by atoms with van der Waals surface area (Å²) in [5, 5.41) is 8.13. The lowest BCUT2D eigenvalue weighted by Crippen LogP contribution is -2.57. The van der Waals surface area contributed by atoms with E-state index in [1.54, 1.807) is 71.9 Å². The number of amides is 5. The molecule has 0 spiro atoms. The number of nitrogens with one attached hydrogen (secondary N) is 3. The molecule has 0 radical (unpaired) electrons. The quantitative estimate of drug-likeness (QED) is 0.0683. The molecule has 282 valence electrons. The molecule has 1 aromatic carbocycles. The largest absolute Gasteiger partial charge is 0.458 e. The number of imide groups is 1. The molecule has 0 aromatic heterocycles. The van der Waals surface area contributed by atoms with Crippen molar-refractivity contribution in [1.29, 1.82) is 0 Å². The minimum Gasteiger partial charge on any atom is -0.458 e. The number of hydrogen-bond acceptors (Lipinski definition) is 13. The molecule has 17 heteroatoms. The fourth-order valence-corrected chi connectivity index (χ4v) is 4.45. The molecule has 0 aliphatic carbocycles. The molecule has 17 nitrogen and oxygen atoms in total. The van der Waals surface area contributed by atoms with Crippen LogP contribution in [0, 0.1) is 0 Å². The van der Waals surface area contributed by atoms with Crippen LogP contribution < -0.4 is 21.7 Å². The van der Waals surface area contributed by atoms with Crippen molar-refractivity contribution in [3.63, 3.8) is 0 Å². The van der Waals surface area contributed by atoms with Gasteiger partial charge in [0.25, 0.3) is 11.8 Å². The Morgan fingerprint density at radius 3 is 1.94 bits per heavy atom. The van der Waals surface area contributed by atoms with E-state index in [1.165, 1.54) is 0 Å². The average molecular weight is 720 g/mol. The van der Waals surface area contributed by atoms with Gasteiger partial charge in [0, 0.05) is 25.8 Å². The van der Waals surface area contributed by atoms with Crippen molar-refractivity contribution in [2.24, 2.45) is 5.73 Å². The maximum absolute atomic E-state index is 13.6. The second-order valence-electron chi connectivity index (χ2n) is 13.7. The van der Waals surface area contributed by atoms with Crippen molar-refractivity contribution in [3.8, 4) is 0 Å². The number of ether oxygens (including phenoxy) is 3. The average Bonchev–Trinajstić information content (AvgIpc) is 3.34. The van der Waals surface area contributed by atoms with Crippen LogP contribution >= 0.6 is 0 Å². The minimum atomic E-state index is -1.71. The van der Waals surface area contributed by atoms with Gasteiger partial charge in [0.15, 0.2) is 6.04 Å². The first kappa shape index (κ1) is 42.3. The van der Waals surface area contributed by atoms with Gasteiger partial charge >= 0.3 is 17.9 Å². The van der Waals surface area contributed by atoms with Crippen LogP contribution in [0.25, 0.3) is 0 Å². The molecular formula is C34H49N5O12. The molecule has 1 aromatic rings. The van der Waals surface area contributed by atoms with Crippen LogP contribution in [0.4, 0.5) is 0 Å². The van der Waals surface area contributed by atoms with Crippen molar-refractivity contribution in [1.82, 2.24) is 21.0 Å². The lowest BCUT2D eigenvalue weighted by molar-refractivity contribution is -0.200. The molecule has 5 amide bonds. The fraction of sp³-hybridized carbons (Fsp3) is 0.588. The Bertz CT molecular complexity index is 1400. The molecular weight excluding hydrogens is 670 g/mol. The van der Waals surface area contributed by atoms with Crippen LogP contribution in [0.1, 0.15) is 79.2 Å². The Morgan fingerprint density at radius 1 is 0.784 bits per heavy atom. The number of unbranched alkanes of at least 4 members (excludes halogenated alkanes) is 1. The molecule has 0 saturated carbocycles. The van der Waals surface area contributed by atoms with E-state index in [0.29, 0.717) is 23.5 Å². The summed E-state index contributed by atoms with van der Waals surface area (Å²) in [5.74, 6) is -6.20. The van der Waals surface area contributed by atoms with Crippen LogP contribution in [0.3, 0.4) is 0 Å². The van der Waals surface area contributed by atoms with Crippen LogP contribution in [0.15, 0.2) is 30.3 Å². The van der Waals surface area contributed by atoms with E-state index >= 15 is 0 Å². The summed E-state index contributed by atoms with van der Waals surface area (Å²) in [5.41, 5.74) is 4.76. The molecule has 1 unspecified atom stereocenters. The first-order valence-electron chi connectivity index (χ1n) is 16.5. The van der Waals surface area contributed by atoms with Crippen molar-refractivity contribution >= 4 is 47.4 Å². The van der Waals surface area contributed by atoms with Crippen molar-refractivity contribution in [2.45, 2.75) is 109 Å². The van der Waals surface area contributed by atoms with Gasteiger partial charge in [0.2, 0.25) is 17.7 Å². The van der Waals surface area contributed by atoms with Crippen LogP contribution in [0.5, 0.6) is 0 Å². The van der Waals surface area contributed by atoms with Crippen molar-refractivity contribution < 1.29 is 57.4 Å². The monoisotopic (exact) mass is 719 g/mol. The topological polar surface area (TPSA) is 239 Å². The zero-order chi connectivity index (χ0) is 38.4. The Hall–Kier alpha value is -4.90. The Labute approximate surface area is 296 Å². The first-order valence-corrected chi connectivity index (χ1v) is 16.5. The molecule has 51 heavy (non-hydrogen) atoms. The number of hydrogen-bond donors (Lipinski definition) is 4. The number of nitrogens with two attached hydrogens (primary N) is 1. The summed E-state index contributed by atoms with van der Waals surface area (Å²) in [6, 6.07) is 4.70. The highest BCUT2D eigenvalue weighted by Crippen LogP contribution is 2.14. The third-order valence-electron chi connectivity index (χ3n) is 6.76. The highest BCUT2D eigenvalue weighted by Gasteiger charge is 2.34. The van der Waals surface area contributed by atoms with Crippen LogP contribution in [-0.4, -0.2) is 102 Å². The molecule has 1 heterocycles. The number of rotatable bonds is 18. The van der Waals surface area contributed by atoms with Crippen LogP contribution in [-0.2, 0) is 63.8 Å². The minimum absolute atomic E-state index is 0.0147. The highest BCUT2D eigenvalue weighted by atomic mass is 16.7. The van der Waals surface area contributed by atoms with E-state index in [2.05, 4.69) is 20.8 Å². The standard InChI is InChI=1S/C34H49N5O12/c1-33(2,3)49-31(46)22(14-10-11-17-36-24(40)19-48-20-27(43)51-39-25(41)15-16-26(39)42)37-29(44)23(18-21-12-8-7-9-13-21)38-30(45)28(35)32(47)50-34(4,5)6/h7-9,12-13,22-23,28H,10-11,14-20,35H2,1-6H3,(H,36,40)(H,37,44)(H,38,45)/t22-,23-,28?/m0/s1. The SMILES string of the molecule is CC(C)(C)OC(=O)C(N)C(=O)N[C@@H](Cc1ccccc1)C(=O)N[C@@H](CCCCNC(=O)COCC(=O)ON1C(=O)CCC1=O)C(=O)OC(C)(C)C. The molecule has 1 saturated heterocycles. The van der Waals surface area contributed by atoms with Gasteiger partial charge < -0.3 is 40.7 Å². The molecule has 0 bridgehead atoms. The van der Waals surface area contributed by atoms with E-state index in [0.717, 1.165) is 0 Å². The van der Waals surface area contributed by atoms with Gasteiger partial charge in [0.1, 0.15) is 36.5 Å². The van der Waals surface area contributed by atoms with E-state index in [4.69, 9.17) is 19.9 Å². The van der Waals surface area contributed by atoms with Gasteiger partial charge in [-0.15, -0.1) is 5.06 Å². The lowest BCUT2D eigenvalue weighted by atomic mass is 10.0. The van der Waals surface area contributed by atoms with Gasteiger partial charge in [-0.1, -0.05) is 30.3 Å². The van der Waals surface area contributed by atoms with Gasteiger partial charge in [-0.05, 0) is 66.4 Å². The molecule has 1 aliphatic rings. The number of hydroxylamine groups is 2. The van der Waals surface area contributed by atoms with E-state index in [9.17, 15) is 38.4 Å². The van der Waals surface area contributed by atoms with Gasteiger partial charge in [-0.25, -0.2) is 14.4 Å². The van der Waals surface area contributed by atoms with E-state index < -0.39 is 90.0 Å². The molecule has 5 N–H and O–H groups in total. The number of carbonyl (C=O) groups excluding carboxylic acids is 8. The smallest absolute Gasteiger partial charge is 0.358 e. The van der Waals surface area contributed by atoms with E-state index in [1.807, 2.05) is 0 Å². The second-order valence-corrected chi connectivity index (χ2v) is 13.7. The van der Waals surface area contributed by atoms with Gasteiger partial charge in [-0.3, -0.25) is 24.0 Å². The Kier molecular flexibility index (Phi) is 16.1. The first-order chi connectivity index (χ1) is 23.8. The highest BCUT2D eigenvalue weighted by molar-refractivity contribution is 6.03. The maximum Gasteiger partial charge on any atom is 0.358 e. The second kappa shape index (κ2) is 19.5. The molecule has 3 atom stereocenters. The predicted octanol–water partition coefficient (Wildman–Crippen LogP) is 0.120. The summed E-state index contributed by atoms with van der Waals surface area (Å²) in [7, 11) is 0. The zero-order valence-electron chi connectivity index (χ0n) is 29.9. The molecule has 2 rings (SSSR count). The normalized spacial score (nSPS) is 14.9. The third-order valence-corrected chi connectivity index (χ3v) is 6.76. The van der Waals surface area contributed by atoms with Gasteiger partial charge in [0.05, 0.1) is 0 Å². The molecule has 1 fully saturated rings. The summed E-state index contributed by atoms with van der Waals surface area (Å²) < 4.78 is 15.7. The summed E-state index contributed by atoms with van der Waals surface area (Å²) in [6.45, 7) is 8.86. The summed E-state index contributed by atoms with van der Waals surface area (Å²) in [4.78, 5) is 104. The Balaban J connectivity index is 1.97. The zero-order valence-corrected chi connectivity index (χ0v) is 29.9. The number of carbonyl (C=O) groups is 8. The maximum atomic E-state index is 13.6. The Morgan fingerprint density at radius 2 is 1.35 bits per heavy atom. The third kappa shape index (κ3) is 16.1. The van der Waals surface area contributed by atoms with E-state index in [-0.39, 0.29) is 32.2 Å². The van der Waals surface area contributed by atoms with Crippen LogP contribution in [0.2, 0.25) is 0 Å². The lowest BCUT2D eigenvalue weighted by Gasteiger charge is -2.27. The molecule has 1 aliphatic heterocycles. The summed E-state index contributed by atoms with van der Waals surface area (Å²) >= 11 is 0.